The number of nitrogens with zero attached hydrogens (tertiary/aromatic N) is 5. The van der Waals surface area contributed by atoms with Crippen molar-refractivity contribution in [2.24, 2.45) is 0 Å². The maximum absolute atomic E-state index is 10.1. The van der Waals surface area contributed by atoms with Gasteiger partial charge in [-0.2, -0.15) is 5.26 Å². The minimum Gasteiger partial charge on any atom is -0.396 e. The highest BCUT2D eigenvalue weighted by atomic mass is 16.3. The molecule has 1 aliphatic heterocycles. The Kier molecular flexibility index (Phi) is 5.87. The van der Waals surface area contributed by atoms with Crippen LogP contribution in [0.1, 0.15) is 18.5 Å². The summed E-state index contributed by atoms with van der Waals surface area (Å²) in [4.78, 5) is 12.3. The summed E-state index contributed by atoms with van der Waals surface area (Å²) in [7, 11) is 0. The van der Waals surface area contributed by atoms with Gasteiger partial charge >= 0.3 is 0 Å². The van der Waals surface area contributed by atoms with E-state index in [4.69, 9.17) is 10.4 Å². The van der Waals surface area contributed by atoms with Crippen LogP contribution in [0.2, 0.25) is 0 Å². The number of anilines is 1. The second-order valence-electron chi connectivity index (χ2n) is 5.17. The third-order valence-corrected chi connectivity index (χ3v) is 3.55. The molecule has 1 atom stereocenters. The van der Waals surface area contributed by atoms with Crippen LogP contribution in [-0.4, -0.2) is 70.5 Å². The van der Waals surface area contributed by atoms with E-state index < -0.39 is 6.10 Å². The van der Waals surface area contributed by atoms with Crippen molar-refractivity contribution >= 4 is 5.82 Å². The smallest absolute Gasteiger partial charge is 0.183 e. The van der Waals surface area contributed by atoms with E-state index in [2.05, 4.69) is 14.9 Å². The molecule has 114 valence electrons. The summed E-state index contributed by atoms with van der Waals surface area (Å²) in [6, 6.07) is 2.04. The number of aromatic nitrogens is 2. The van der Waals surface area contributed by atoms with E-state index in [1.807, 2.05) is 11.0 Å². The van der Waals surface area contributed by atoms with Crippen LogP contribution in [-0.2, 0) is 0 Å². The molecule has 0 aromatic carbocycles. The number of aliphatic hydroxyl groups excluding tert-OH is 2. The molecule has 2 rings (SSSR count). The summed E-state index contributed by atoms with van der Waals surface area (Å²) in [5, 5.41) is 28.1. The lowest BCUT2D eigenvalue weighted by atomic mass is 10.2. The number of nitriles is 1. The molecule has 1 saturated heterocycles. The molecule has 2 heterocycles. The molecule has 0 bridgehead atoms. The minimum absolute atomic E-state index is 0.202. The highest BCUT2D eigenvalue weighted by Gasteiger charge is 2.23. The summed E-state index contributed by atoms with van der Waals surface area (Å²) in [5.74, 6) is 0.538. The van der Waals surface area contributed by atoms with Gasteiger partial charge in [0, 0.05) is 45.2 Å². The Morgan fingerprint density at radius 3 is 2.81 bits per heavy atom. The van der Waals surface area contributed by atoms with Crippen molar-refractivity contribution < 1.29 is 10.2 Å². The Bertz CT molecular complexity index is 490. The predicted molar refractivity (Wildman–Crippen MR) is 77.7 cm³/mol. The molecule has 7 heteroatoms. The molecule has 0 amide bonds. The zero-order chi connectivity index (χ0) is 15.1. The Morgan fingerprint density at radius 1 is 1.24 bits per heavy atom. The molecular formula is C14H21N5O2. The molecular weight excluding hydrogens is 270 g/mol. The van der Waals surface area contributed by atoms with Gasteiger partial charge in [-0.25, -0.2) is 9.97 Å². The van der Waals surface area contributed by atoms with Crippen molar-refractivity contribution in [2.45, 2.75) is 18.9 Å². The van der Waals surface area contributed by atoms with Gasteiger partial charge in [0.2, 0.25) is 0 Å². The number of β-amino-alcohol motifs (C(OH)–C–C–N with tert-alkyl or cyclic N) is 1. The molecule has 1 unspecified atom stereocenters. The highest BCUT2D eigenvalue weighted by Crippen LogP contribution is 2.16. The highest BCUT2D eigenvalue weighted by molar-refractivity contribution is 5.49. The average Bonchev–Trinajstić information content (AvgIpc) is 2.69. The first-order chi connectivity index (χ1) is 10.2. The number of aliphatic hydroxyl groups is 2. The van der Waals surface area contributed by atoms with Gasteiger partial charge in [0.1, 0.15) is 6.07 Å². The van der Waals surface area contributed by atoms with E-state index in [1.54, 1.807) is 6.20 Å². The van der Waals surface area contributed by atoms with Gasteiger partial charge in [-0.15, -0.1) is 0 Å². The maximum atomic E-state index is 10.1. The van der Waals surface area contributed by atoms with Crippen LogP contribution in [0.15, 0.2) is 12.4 Å². The van der Waals surface area contributed by atoms with E-state index in [0.717, 1.165) is 25.9 Å². The molecule has 0 saturated carbocycles. The molecule has 1 aromatic rings. The van der Waals surface area contributed by atoms with Crippen molar-refractivity contribution in [1.82, 2.24) is 14.9 Å². The second-order valence-corrected chi connectivity index (χ2v) is 5.17. The van der Waals surface area contributed by atoms with Gasteiger partial charge in [-0.3, -0.25) is 4.90 Å². The van der Waals surface area contributed by atoms with Gasteiger partial charge < -0.3 is 15.1 Å². The normalized spacial score (nSPS) is 20.0. The lowest BCUT2D eigenvalue weighted by Gasteiger charge is -2.23. The summed E-state index contributed by atoms with van der Waals surface area (Å²) in [6.07, 6.45) is 4.26. The van der Waals surface area contributed by atoms with Gasteiger partial charge in [0.25, 0.3) is 0 Å². The first kappa shape index (κ1) is 15.6. The molecule has 0 spiro atoms. The van der Waals surface area contributed by atoms with Crippen LogP contribution in [0.25, 0.3) is 0 Å². The van der Waals surface area contributed by atoms with E-state index in [1.165, 1.54) is 6.20 Å². The van der Waals surface area contributed by atoms with Gasteiger partial charge in [-0.1, -0.05) is 0 Å². The summed E-state index contributed by atoms with van der Waals surface area (Å²) < 4.78 is 0. The van der Waals surface area contributed by atoms with E-state index in [9.17, 15) is 5.11 Å². The zero-order valence-corrected chi connectivity index (χ0v) is 12.0. The van der Waals surface area contributed by atoms with E-state index >= 15 is 0 Å². The fraction of sp³-hybridized carbons (Fsp3) is 0.643. The third-order valence-electron chi connectivity index (χ3n) is 3.55. The van der Waals surface area contributed by atoms with Crippen LogP contribution in [0.3, 0.4) is 0 Å². The van der Waals surface area contributed by atoms with Crippen LogP contribution in [0, 0.1) is 11.3 Å². The molecule has 7 nitrogen and oxygen atoms in total. The molecule has 0 radical (unpaired) electrons. The van der Waals surface area contributed by atoms with Gasteiger partial charge in [-0.05, 0) is 19.4 Å². The van der Waals surface area contributed by atoms with Crippen molar-refractivity contribution in [3.8, 4) is 6.07 Å². The number of hydrogen-bond donors (Lipinski definition) is 2. The SMILES string of the molecule is N#Cc1nccnc1N1CCN(CCCCO)CC(O)C1. The fourth-order valence-electron chi connectivity index (χ4n) is 2.54. The van der Waals surface area contributed by atoms with Crippen LogP contribution >= 0.6 is 0 Å². The zero-order valence-electron chi connectivity index (χ0n) is 12.0. The second kappa shape index (κ2) is 7.88. The Morgan fingerprint density at radius 2 is 2.05 bits per heavy atom. The van der Waals surface area contributed by atoms with Gasteiger partial charge in [0.05, 0.1) is 6.10 Å². The molecule has 21 heavy (non-hydrogen) atoms. The number of hydrogen-bond acceptors (Lipinski definition) is 7. The first-order valence-corrected chi connectivity index (χ1v) is 7.22. The number of rotatable bonds is 5. The molecule has 0 aliphatic carbocycles. The van der Waals surface area contributed by atoms with Crippen molar-refractivity contribution in [3.05, 3.63) is 18.1 Å². The monoisotopic (exact) mass is 291 g/mol. The molecule has 1 aromatic heterocycles. The van der Waals surface area contributed by atoms with Gasteiger partial charge in [0.15, 0.2) is 11.5 Å². The lowest BCUT2D eigenvalue weighted by Crippen LogP contribution is -2.34. The standard InChI is InChI=1S/C14H21N5O2/c15-9-13-14(17-4-3-16-13)19-7-6-18(5-1-2-8-20)10-12(21)11-19/h3-4,12,20-21H,1-2,5-8,10-11H2. The third kappa shape index (κ3) is 4.36. The topological polar surface area (TPSA) is 96.5 Å². The fourth-order valence-corrected chi connectivity index (χ4v) is 2.54. The Hall–Kier alpha value is -1.75. The summed E-state index contributed by atoms with van der Waals surface area (Å²) in [6.45, 7) is 3.60. The Balaban J connectivity index is 2.02. The Labute approximate surface area is 124 Å². The summed E-state index contributed by atoms with van der Waals surface area (Å²) >= 11 is 0. The van der Waals surface area contributed by atoms with Crippen LogP contribution < -0.4 is 4.90 Å². The average molecular weight is 291 g/mol. The van der Waals surface area contributed by atoms with Crippen molar-refractivity contribution in [2.75, 3.05) is 44.2 Å². The summed E-state index contributed by atoms with van der Waals surface area (Å²) in [5.41, 5.74) is 0.290. The quantitative estimate of drug-likeness (QED) is 0.713. The first-order valence-electron chi connectivity index (χ1n) is 7.22. The van der Waals surface area contributed by atoms with E-state index in [0.29, 0.717) is 31.1 Å². The molecule has 1 aliphatic rings. The van der Waals surface area contributed by atoms with Crippen LogP contribution in [0.5, 0.6) is 0 Å². The molecule has 2 N–H and O–H groups in total. The van der Waals surface area contributed by atoms with Crippen molar-refractivity contribution in [3.63, 3.8) is 0 Å². The molecule has 1 fully saturated rings. The van der Waals surface area contributed by atoms with Crippen LogP contribution in [0.4, 0.5) is 5.82 Å². The number of unbranched alkanes of at least 4 members (excludes halogenated alkanes) is 1. The predicted octanol–water partition coefficient (Wildman–Crippen LogP) is -0.396. The lowest BCUT2D eigenvalue weighted by molar-refractivity contribution is 0.130. The van der Waals surface area contributed by atoms with E-state index in [-0.39, 0.29) is 6.61 Å². The minimum atomic E-state index is -0.491. The maximum Gasteiger partial charge on any atom is 0.183 e. The van der Waals surface area contributed by atoms with Crippen molar-refractivity contribution in [1.29, 1.82) is 5.26 Å². The largest absolute Gasteiger partial charge is 0.396 e.